The summed E-state index contributed by atoms with van der Waals surface area (Å²) in [4.78, 5) is 13.2. The molecular weight excluding hydrogens is 295 g/mol. The summed E-state index contributed by atoms with van der Waals surface area (Å²) < 4.78 is 14.5. The zero-order valence-electron chi connectivity index (χ0n) is 12.0. The van der Waals surface area contributed by atoms with Crippen LogP contribution in [-0.4, -0.2) is 10.8 Å². The molecular formula is C17H11FN4O. The molecule has 1 aliphatic heterocycles. The number of rotatable bonds is 2. The largest absolute Gasteiger partial charge is 0.366 e. The van der Waals surface area contributed by atoms with Gasteiger partial charge in [-0.1, -0.05) is 12.1 Å². The zero-order valence-corrected chi connectivity index (χ0v) is 12.0. The van der Waals surface area contributed by atoms with E-state index >= 15 is 0 Å². The molecule has 0 fully saturated rings. The van der Waals surface area contributed by atoms with Gasteiger partial charge in [-0.15, -0.1) is 0 Å². The Bertz CT molecular complexity index is 908. The number of hydrogen-bond acceptors (Lipinski definition) is 4. The minimum Gasteiger partial charge on any atom is -0.366 e. The number of nitrogens with zero attached hydrogens (tertiary/aromatic N) is 3. The lowest BCUT2D eigenvalue weighted by atomic mass is 9.91. The molecule has 0 atom stereocenters. The van der Waals surface area contributed by atoms with Crippen LogP contribution in [0, 0.1) is 28.6 Å². The first-order valence-electron chi connectivity index (χ1n) is 6.84. The lowest BCUT2D eigenvalue weighted by molar-refractivity contribution is 0.100. The Morgan fingerprint density at radius 2 is 2.00 bits per heavy atom. The standard InChI is InChI=1S/C17H11FN4O/c18-15-4-2-11-7-22(9-20)8-14(11)16(15)12-3-1-10(6-19)5-13(12)17(21)23/h1-5H,7-8H2,(H2,21,23). The fraction of sp³-hybridized carbons (Fsp3) is 0.118. The monoisotopic (exact) mass is 306 g/mol. The van der Waals surface area contributed by atoms with E-state index in [2.05, 4.69) is 0 Å². The summed E-state index contributed by atoms with van der Waals surface area (Å²) in [6.07, 6.45) is 2.04. The Labute approximate surface area is 132 Å². The molecule has 0 saturated carbocycles. The molecule has 3 rings (SSSR count). The first-order chi connectivity index (χ1) is 11.0. The number of carbonyl (C=O) groups excluding carboxylic acids is 1. The van der Waals surface area contributed by atoms with Crippen molar-refractivity contribution in [3.8, 4) is 23.4 Å². The predicted molar refractivity (Wildman–Crippen MR) is 79.9 cm³/mol. The summed E-state index contributed by atoms with van der Waals surface area (Å²) in [5, 5.41) is 18.0. The highest BCUT2D eigenvalue weighted by atomic mass is 19.1. The van der Waals surface area contributed by atoms with Crippen LogP contribution in [-0.2, 0) is 13.1 Å². The Balaban J connectivity index is 2.26. The molecule has 2 aromatic carbocycles. The third kappa shape index (κ3) is 2.37. The molecule has 0 unspecified atom stereocenters. The fourth-order valence-electron chi connectivity index (χ4n) is 2.84. The number of nitrogens with two attached hydrogens (primary N) is 1. The number of hydrogen-bond donors (Lipinski definition) is 1. The van der Waals surface area contributed by atoms with Crippen LogP contribution in [0.3, 0.4) is 0 Å². The van der Waals surface area contributed by atoms with Gasteiger partial charge in [0.15, 0.2) is 6.19 Å². The van der Waals surface area contributed by atoms with E-state index in [1.54, 1.807) is 6.07 Å². The fourth-order valence-corrected chi connectivity index (χ4v) is 2.84. The first-order valence-corrected chi connectivity index (χ1v) is 6.84. The van der Waals surface area contributed by atoms with Crippen molar-refractivity contribution in [3.05, 3.63) is 58.4 Å². The molecule has 0 bridgehead atoms. The molecule has 0 saturated heterocycles. The van der Waals surface area contributed by atoms with Crippen LogP contribution in [0.1, 0.15) is 27.0 Å². The van der Waals surface area contributed by atoms with E-state index < -0.39 is 11.7 Å². The van der Waals surface area contributed by atoms with Crippen molar-refractivity contribution in [2.75, 3.05) is 0 Å². The average Bonchev–Trinajstić information content (AvgIpc) is 2.97. The minimum atomic E-state index is -0.732. The third-order valence-electron chi connectivity index (χ3n) is 3.89. The molecule has 0 aromatic heterocycles. The van der Waals surface area contributed by atoms with Crippen LogP contribution in [0.5, 0.6) is 0 Å². The van der Waals surface area contributed by atoms with Crippen molar-refractivity contribution in [1.82, 2.24) is 4.90 Å². The van der Waals surface area contributed by atoms with Crippen LogP contribution in [0.15, 0.2) is 30.3 Å². The topological polar surface area (TPSA) is 93.9 Å². The van der Waals surface area contributed by atoms with Gasteiger partial charge in [0.2, 0.25) is 5.91 Å². The predicted octanol–water partition coefficient (Wildman–Crippen LogP) is 2.26. The lowest BCUT2D eigenvalue weighted by Gasteiger charge is -2.13. The first kappa shape index (κ1) is 14.6. The maximum absolute atomic E-state index is 14.5. The smallest absolute Gasteiger partial charge is 0.249 e. The van der Waals surface area contributed by atoms with E-state index in [9.17, 15) is 9.18 Å². The van der Waals surface area contributed by atoms with Crippen LogP contribution in [0.2, 0.25) is 0 Å². The third-order valence-corrected chi connectivity index (χ3v) is 3.89. The number of benzene rings is 2. The van der Waals surface area contributed by atoms with Gasteiger partial charge in [-0.2, -0.15) is 10.5 Å². The molecule has 5 nitrogen and oxygen atoms in total. The number of carbonyl (C=O) groups is 1. The second-order valence-electron chi connectivity index (χ2n) is 5.25. The zero-order chi connectivity index (χ0) is 16.6. The normalized spacial score (nSPS) is 12.4. The van der Waals surface area contributed by atoms with E-state index in [1.165, 1.54) is 29.2 Å². The lowest BCUT2D eigenvalue weighted by Crippen LogP contribution is -2.13. The summed E-state index contributed by atoms with van der Waals surface area (Å²) in [6, 6.07) is 9.27. The molecule has 1 amide bonds. The van der Waals surface area contributed by atoms with Gasteiger partial charge in [-0.25, -0.2) is 4.39 Å². The van der Waals surface area contributed by atoms with Gasteiger partial charge < -0.3 is 10.6 Å². The highest BCUT2D eigenvalue weighted by Gasteiger charge is 2.26. The summed E-state index contributed by atoms with van der Waals surface area (Å²) >= 11 is 0. The van der Waals surface area contributed by atoms with Crippen molar-refractivity contribution in [2.24, 2.45) is 5.73 Å². The highest BCUT2D eigenvalue weighted by Crippen LogP contribution is 2.36. The number of amides is 1. The number of primary amides is 1. The van der Waals surface area contributed by atoms with Crippen molar-refractivity contribution in [3.63, 3.8) is 0 Å². The number of nitriles is 2. The van der Waals surface area contributed by atoms with Gasteiger partial charge in [0, 0.05) is 11.1 Å². The Morgan fingerprint density at radius 3 is 2.65 bits per heavy atom. The quantitative estimate of drug-likeness (QED) is 0.861. The van der Waals surface area contributed by atoms with Crippen molar-refractivity contribution in [1.29, 1.82) is 10.5 Å². The Kier molecular flexibility index (Phi) is 3.44. The maximum atomic E-state index is 14.5. The second-order valence-corrected chi connectivity index (χ2v) is 5.25. The Morgan fingerprint density at radius 1 is 1.22 bits per heavy atom. The maximum Gasteiger partial charge on any atom is 0.249 e. The van der Waals surface area contributed by atoms with Crippen LogP contribution in [0.25, 0.3) is 11.1 Å². The van der Waals surface area contributed by atoms with E-state index in [1.807, 2.05) is 12.3 Å². The molecule has 2 aromatic rings. The molecule has 23 heavy (non-hydrogen) atoms. The molecule has 1 aliphatic rings. The Hall–Kier alpha value is -3.38. The van der Waals surface area contributed by atoms with Gasteiger partial charge >= 0.3 is 0 Å². The van der Waals surface area contributed by atoms with E-state index in [-0.39, 0.29) is 23.2 Å². The number of halogens is 1. The van der Waals surface area contributed by atoms with Gasteiger partial charge in [-0.05, 0) is 34.9 Å². The van der Waals surface area contributed by atoms with Crippen LogP contribution >= 0.6 is 0 Å². The average molecular weight is 306 g/mol. The minimum absolute atomic E-state index is 0.0896. The molecule has 0 radical (unpaired) electrons. The van der Waals surface area contributed by atoms with Gasteiger partial charge in [0.1, 0.15) is 5.82 Å². The van der Waals surface area contributed by atoms with Crippen molar-refractivity contribution < 1.29 is 9.18 Å². The summed E-state index contributed by atoms with van der Waals surface area (Å²) in [6.45, 7) is 0.679. The van der Waals surface area contributed by atoms with E-state index in [4.69, 9.17) is 16.3 Å². The van der Waals surface area contributed by atoms with E-state index in [0.717, 1.165) is 5.56 Å². The van der Waals surface area contributed by atoms with E-state index in [0.29, 0.717) is 17.7 Å². The number of fused-ring (bicyclic) bond motifs is 1. The molecule has 6 heteroatoms. The second kappa shape index (κ2) is 5.43. The summed E-state index contributed by atoms with van der Waals surface area (Å²) in [5.41, 5.74) is 7.86. The molecule has 112 valence electrons. The van der Waals surface area contributed by atoms with Crippen LogP contribution in [0.4, 0.5) is 4.39 Å². The van der Waals surface area contributed by atoms with Crippen molar-refractivity contribution in [2.45, 2.75) is 13.1 Å². The molecule has 0 aliphatic carbocycles. The molecule has 0 spiro atoms. The SMILES string of the molecule is N#Cc1ccc(-c2c(F)ccc3c2CN(C#N)C3)c(C(N)=O)c1. The van der Waals surface area contributed by atoms with Crippen molar-refractivity contribution >= 4 is 5.91 Å². The molecule has 1 heterocycles. The molecule has 2 N–H and O–H groups in total. The summed E-state index contributed by atoms with van der Waals surface area (Å²) in [7, 11) is 0. The van der Waals surface area contributed by atoms with Gasteiger partial charge in [0.05, 0.1) is 24.7 Å². The van der Waals surface area contributed by atoms with Gasteiger partial charge in [-0.3, -0.25) is 4.79 Å². The van der Waals surface area contributed by atoms with Crippen LogP contribution < -0.4 is 5.73 Å². The van der Waals surface area contributed by atoms with Gasteiger partial charge in [0.25, 0.3) is 0 Å². The highest BCUT2D eigenvalue weighted by molar-refractivity contribution is 6.00. The summed E-state index contributed by atoms with van der Waals surface area (Å²) in [5.74, 6) is -1.22.